The predicted molar refractivity (Wildman–Crippen MR) is 114 cm³/mol. The minimum atomic E-state index is -0.606. The van der Waals surface area contributed by atoms with Crippen LogP contribution in [0.25, 0.3) is 0 Å². The van der Waals surface area contributed by atoms with Crippen LogP contribution in [0.5, 0.6) is 0 Å². The number of carbonyl (C=O) groups is 3. The second kappa shape index (κ2) is 10.2. The smallest absolute Gasteiger partial charge is 0.251 e. The summed E-state index contributed by atoms with van der Waals surface area (Å²) in [5.41, 5.74) is 6.82. The summed E-state index contributed by atoms with van der Waals surface area (Å²) in [4.78, 5) is 40.2. The number of nitrogens with two attached hydrogens (primary N) is 1. The third kappa shape index (κ3) is 6.18. The zero-order chi connectivity index (χ0) is 21.3. The lowest BCUT2D eigenvalue weighted by atomic mass is 10.1. The highest BCUT2D eigenvalue weighted by molar-refractivity contribution is 7.99. The Balaban J connectivity index is 1.51. The molecule has 2 aromatic carbocycles. The van der Waals surface area contributed by atoms with Gasteiger partial charge in [-0.1, -0.05) is 30.0 Å². The van der Waals surface area contributed by atoms with Crippen LogP contribution in [0, 0.1) is 0 Å². The lowest BCUT2D eigenvalue weighted by Gasteiger charge is -2.08. The summed E-state index contributed by atoms with van der Waals surface area (Å²) in [6.45, 7) is 0.113. The molecule has 0 aliphatic carbocycles. The van der Waals surface area contributed by atoms with Gasteiger partial charge in [0.15, 0.2) is 0 Å². The fourth-order valence-corrected chi connectivity index (χ4v) is 3.30. The quantitative estimate of drug-likeness (QED) is 0.518. The number of hydrogen-bond donors (Lipinski definition) is 3. The van der Waals surface area contributed by atoms with Gasteiger partial charge in [-0.05, 0) is 54.1 Å². The van der Waals surface area contributed by atoms with E-state index in [4.69, 9.17) is 5.73 Å². The Morgan fingerprint density at radius 3 is 2.07 bits per heavy atom. The first-order valence-corrected chi connectivity index (χ1v) is 9.95. The van der Waals surface area contributed by atoms with Gasteiger partial charge in [-0.2, -0.15) is 0 Å². The molecule has 7 nitrogen and oxygen atoms in total. The number of hydrogen-bond acceptors (Lipinski definition) is 5. The van der Waals surface area contributed by atoms with Gasteiger partial charge in [0, 0.05) is 28.8 Å². The summed E-state index contributed by atoms with van der Waals surface area (Å²) in [7, 11) is 0. The van der Waals surface area contributed by atoms with Crippen molar-refractivity contribution in [2.75, 3.05) is 6.54 Å². The SMILES string of the molecule is NC(=O)CNC(=O)c1ccc(CNC(=O)c2ccc(Sc3ccccn3)cc2)cc1. The Hall–Kier alpha value is -3.65. The van der Waals surface area contributed by atoms with E-state index in [1.807, 2.05) is 30.3 Å². The number of nitrogens with zero attached hydrogens (tertiary/aromatic N) is 1. The molecule has 1 heterocycles. The third-order valence-electron chi connectivity index (χ3n) is 4.07. The van der Waals surface area contributed by atoms with Crippen LogP contribution in [0.1, 0.15) is 26.3 Å². The number of aromatic nitrogens is 1. The van der Waals surface area contributed by atoms with Gasteiger partial charge < -0.3 is 16.4 Å². The van der Waals surface area contributed by atoms with Gasteiger partial charge in [-0.15, -0.1) is 0 Å². The molecule has 0 unspecified atom stereocenters. The lowest BCUT2D eigenvalue weighted by molar-refractivity contribution is -0.117. The van der Waals surface area contributed by atoms with E-state index in [2.05, 4.69) is 15.6 Å². The lowest BCUT2D eigenvalue weighted by Crippen LogP contribution is -2.33. The van der Waals surface area contributed by atoms with Crippen LogP contribution in [-0.4, -0.2) is 29.3 Å². The molecule has 0 spiro atoms. The minimum absolute atomic E-state index is 0.187. The summed E-state index contributed by atoms with van der Waals surface area (Å²) < 4.78 is 0. The molecule has 152 valence electrons. The second-order valence-electron chi connectivity index (χ2n) is 6.32. The maximum Gasteiger partial charge on any atom is 0.251 e. The van der Waals surface area contributed by atoms with Crippen LogP contribution in [0.2, 0.25) is 0 Å². The molecule has 0 bridgehead atoms. The maximum absolute atomic E-state index is 12.4. The van der Waals surface area contributed by atoms with Crippen molar-refractivity contribution in [1.29, 1.82) is 0 Å². The van der Waals surface area contributed by atoms with E-state index in [1.165, 1.54) is 11.8 Å². The normalized spacial score (nSPS) is 10.3. The van der Waals surface area contributed by atoms with Crippen molar-refractivity contribution in [2.45, 2.75) is 16.5 Å². The Morgan fingerprint density at radius 1 is 0.833 bits per heavy atom. The molecule has 3 aromatic rings. The molecule has 8 heteroatoms. The van der Waals surface area contributed by atoms with Crippen LogP contribution < -0.4 is 16.4 Å². The molecule has 0 fully saturated rings. The minimum Gasteiger partial charge on any atom is -0.368 e. The predicted octanol–water partition coefficient (Wildman–Crippen LogP) is 2.38. The van der Waals surface area contributed by atoms with E-state index in [9.17, 15) is 14.4 Å². The van der Waals surface area contributed by atoms with Crippen molar-refractivity contribution < 1.29 is 14.4 Å². The van der Waals surface area contributed by atoms with Crippen molar-refractivity contribution in [2.24, 2.45) is 5.73 Å². The average Bonchev–Trinajstić information content (AvgIpc) is 2.77. The zero-order valence-corrected chi connectivity index (χ0v) is 16.8. The summed E-state index contributed by atoms with van der Waals surface area (Å²) in [6.07, 6.45) is 1.74. The van der Waals surface area contributed by atoms with Crippen LogP contribution in [0.15, 0.2) is 82.8 Å². The van der Waals surface area contributed by atoms with Crippen LogP contribution in [0.3, 0.4) is 0 Å². The van der Waals surface area contributed by atoms with Gasteiger partial charge in [0.1, 0.15) is 5.03 Å². The fraction of sp³-hybridized carbons (Fsp3) is 0.0909. The van der Waals surface area contributed by atoms with Crippen molar-refractivity contribution in [1.82, 2.24) is 15.6 Å². The number of primary amides is 1. The van der Waals surface area contributed by atoms with Gasteiger partial charge in [-0.3, -0.25) is 14.4 Å². The Labute approximate surface area is 178 Å². The fourth-order valence-electron chi connectivity index (χ4n) is 2.53. The third-order valence-corrected chi connectivity index (χ3v) is 5.03. The molecule has 3 amide bonds. The summed E-state index contributed by atoms with van der Waals surface area (Å²) >= 11 is 1.53. The first-order valence-electron chi connectivity index (χ1n) is 9.14. The molecule has 3 rings (SSSR count). The van der Waals surface area contributed by atoms with Crippen molar-refractivity contribution >= 4 is 29.5 Å². The molecule has 0 saturated heterocycles. The van der Waals surface area contributed by atoms with E-state index in [0.29, 0.717) is 17.7 Å². The van der Waals surface area contributed by atoms with E-state index in [0.717, 1.165) is 15.5 Å². The highest BCUT2D eigenvalue weighted by Crippen LogP contribution is 2.25. The summed E-state index contributed by atoms with van der Waals surface area (Å²) in [6, 6.07) is 19.8. The van der Waals surface area contributed by atoms with Gasteiger partial charge in [0.2, 0.25) is 5.91 Å². The van der Waals surface area contributed by atoms with Gasteiger partial charge in [0.25, 0.3) is 11.8 Å². The van der Waals surface area contributed by atoms with Gasteiger partial charge >= 0.3 is 0 Å². The zero-order valence-electron chi connectivity index (χ0n) is 16.0. The molecule has 0 radical (unpaired) electrons. The van der Waals surface area contributed by atoms with E-state index in [1.54, 1.807) is 42.6 Å². The van der Waals surface area contributed by atoms with Crippen molar-refractivity contribution in [3.05, 3.63) is 89.6 Å². The molecule has 0 saturated carbocycles. The molecule has 4 N–H and O–H groups in total. The van der Waals surface area contributed by atoms with Crippen molar-refractivity contribution in [3.8, 4) is 0 Å². The van der Waals surface area contributed by atoms with Gasteiger partial charge in [0.05, 0.1) is 6.54 Å². The summed E-state index contributed by atoms with van der Waals surface area (Å²) in [5, 5.41) is 6.16. The molecule has 30 heavy (non-hydrogen) atoms. The molecule has 0 aliphatic rings. The molecule has 1 aromatic heterocycles. The number of nitrogens with one attached hydrogen (secondary N) is 2. The summed E-state index contributed by atoms with van der Waals surface area (Å²) in [5.74, 6) is -1.17. The Kier molecular flexibility index (Phi) is 7.18. The van der Waals surface area contributed by atoms with E-state index < -0.39 is 5.91 Å². The number of pyridine rings is 1. The Bertz CT molecular complexity index is 1020. The first-order chi connectivity index (χ1) is 14.5. The van der Waals surface area contributed by atoms with E-state index in [-0.39, 0.29) is 18.4 Å². The topological polar surface area (TPSA) is 114 Å². The van der Waals surface area contributed by atoms with Crippen LogP contribution >= 0.6 is 11.8 Å². The number of benzene rings is 2. The second-order valence-corrected chi connectivity index (χ2v) is 7.42. The highest BCUT2D eigenvalue weighted by Gasteiger charge is 2.08. The molecular formula is C22H20N4O3S. The number of carbonyl (C=O) groups excluding carboxylic acids is 3. The number of amides is 3. The molecule has 0 atom stereocenters. The average molecular weight is 420 g/mol. The largest absolute Gasteiger partial charge is 0.368 e. The monoisotopic (exact) mass is 420 g/mol. The molecule has 0 aliphatic heterocycles. The van der Waals surface area contributed by atoms with Crippen molar-refractivity contribution in [3.63, 3.8) is 0 Å². The highest BCUT2D eigenvalue weighted by atomic mass is 32.2. The van der Waals surface area contributed by atoms with Crippen LogP contribution in [0.4, 0.5) is 0 Å². The Morgan fingerprint density at radius 2 is 1.47 bits per heavy atom. The standard InChI is InChI=1S/C22H20N4O3S/c23-19(27)14-26-22(29)16-6-4-15(5-7-16)13-25-21(28)17-8-10-18(11-9-17)30-20-3-1-2-12-24-20/h1-12H,13-14H2,(H2,23,27)(H,25,28)(H,26,29). The van der Waals surface area contributed by atoms with Crippen LogP contribution in [-0.2, 0) is 11.3 Å². The number of rotatable bonds is 8. The van der Waals surface area contributed by atoms with Gasteiger partial charge in [-0.25, -0.2) is 4.98 Å². The first kappa shape index (κ1) is 21.1. The molecular weight excluding hydrogens is 400 g/mol. The maximum atomic E-state index is 12.4. The van der Waals surface area contributed by atoms with E-state index >= 15 is 0 Å².